The fraction of sp³-hybridized carbons (Fsp3) is 0.533. The van der Waals surface area contributed by atoms with Gasteiger partial charge in [0.25, 0.3) is 0 Å². The Labute approximate surface area is 108 Å². The molecule has 18 heavy (non-hydrogen) atoms. The molecule has 0 spiro atoms. The van der Waals surface area contributed by atoms with Gasteiger partial charge in [0.15, 0.2) is 0 Å². The van der Waals surface area contributed by atoms with Gasteiger partial charge in [-0.05, 0) is 49.3 Å². The van der Waals surface area contributed by atoms with Crippen LogP contribution < -0.4 is 4.74 Å². The summed E-state index contributed by atoms with van der Waals surface area (Å²) in [5, 5.41) is 0. The predicted octanol–water partition coefficient (Wildman–Crippen LogP) is 3.28. The van der Waals surface area contributed by atoms with E-state index < -0.39 is 0 Å². The zero-order chi connectivity index (χ0) is 13.0. The lowest BCUT2D eigenvalue weighted by Gasteiger charge is -2.28. The molecule has 0 bridgehead atoms. The van der Waals surface area contributed by atoms with Crippen molar-refractivity contribution in [3.8, 4) is 5.75 Å². The monoisotopic (exact) mass is 248 g/mol. The van der Waals surface area contributed by atoms with Gasteiger partial charge >= 0.3 is 5.97 Å². The fourth-order valence-electron chi connectivity index (χ4n) is 2.64. The Kier molecular flexibility index (Phi) is 4.24. The summed E-state index contributed by atoms with van der Waals surface area (Å²) in [5.41, 5.74) is 1.33. The topological polar surface area (TPSA) is 35.5 Å². The largest absolute Gasteiger partial charge is 0.497 e. The van der Waals surface area contributed by atoms with Gasteiger partial charge in [-0.3, -0.25) is 4.79 Å². The van der Waals surface area contributed by atoms with Crippen LogP contribution in [-0.4, -0.2) is 19.2 Å². The first kappa shape index (κ1) is 12.9. The average molecular weight is 248 g/mol. The van der Waals surface area contributed by atoms with E-state index in [0.29, 0.717) is 5.92 Å². The molecule has 2 rings (SSSR count). The van der Waals surface area contributed by atoms with Crippen LogP contribution in [0.25, 0.3) is 0 Å². The van der Waals surface area contributed by atoms with Crippen LogP contribution in [-0.2, 0) is 9.53 Å². The molecule has 0 heterocycles. The summed E-state index contributed by atoms with van der Waals surface area (Å²) in [5.74, 6) is 1.31. The van der Waals surface area contributed by atoms with E-state index in [-0.39, 0.29) is 12.1 Å². The van der Waals surface area contributed by atoms with Gasteiger partial charge in [-0.2, -0.15) is 0 Å². The van der Waals surface area contributed by atoms with E-state index in [9.17, 15) is 4.79 Å². The van der Waals surface area contributed by atoms with Crippen molar-refractivity contribution in [3.05, 3.63) is 29.8 Å². The molecule has 1 saturated carbocycles. The number of methoxy groups -OCH3 is 1. The van der Waals surface area contributed by atoms with Crippen molar-refractivity contribution in [1.82, 2.24) is 0 Å². The maximum absolute atomic E-state index is 10.9. The Morgan fingerprint density at radius 3 is 2.56 bits per heavy atom. The minimum Gasteiger partial charge on any atom is -0.497 e. The molecule has 0 amide bonds. The van der Waals surface area contributed by atoms with E-state index in [4.69, 9.17) is 9.47 Å². The lowest BCUT2D eigenvalue weighted by Crippen LogP contribution is -2.22. The van der Waals surface area contributed by atoms with Crippen molar-refractivity contribution in [2.75, 3.05) is 7.11 Å². The van der Waals surface area contributed by atoms with Crippen LogP contribution in [0, 0.1) is 0 Å². The van der Waals surface area contributed by atoms with E-state index in [1.54, 1.807) is 7.11 Å². The number of hydrogen-bond donors (Lipinski definition) is 0. The van der Waals surface area contributed by atoms with Crippen LogP contribution in [0.15, 0.2) is 24.3 Å². The molecule has 1 aliphatic rings. The molecule has 1 fully saturated rings. The van der Waals surface area contributed by atoms with Crippen molar-refractivity contribution in [2.45, 2.75) is 44.6 Å². The van der Waals surface area contributed by atoms with Gasteiger partial charge in [-0.1, -0.05) is 12.1 Å². The molecule has 0 unspecified atom stereocenters. The zero-order valence-electron chi connectivity index (χ0n) is 11.0. The molecule has 0 N–H and O–H groups in total. The molecular formula is C15H20O3. The van der Waals surface area contributed by atoms with Crippen molar-refractivity contribution in [1.29, 1.82) is 0 Å². The maximum Gasteiger partial charge on any atom is 0.302 e. The molecule has 1 aromatic rings. The Balaban J connectivity index is 1.94. The van der Waals surface area contributed by atoms with Crippen LogP contribution in [0.5, 0.6) is 5.75 Å². The Bertz CT molecular complexity index is 406. The van der Waals surface area contributed by atoms with Gasteiger partial charge in [0, 0.05) is 6.92 Å². The molecule has 0 saturated heterocycles. The molecule has 0 atom stereocenters. The molecule has 0 aliphatic heterocycles. The summed E-state index contributed by atoms with van der Waals surface area (Å²) in [7, 11) is 1.69. The van der Waals surface area contributed by atoms with Gasteiger partial charge in [0.05, 0.1) is 7.11 Å². The van der Waals surface area contributed by atoms with Gasteiger partial charge in [-0.15, -0.1) is 0 Å². The van der Waals surface area contributed by atoms with Gasteiger partial charge < -0.3 is 9.47 Å². The van der Waals surface area contributed by atoms with E-state index in [0.717, 1.165) is 31.4 Å². The number of esters is 1. The first-order valence-electron chi connectivity index (χ1n) is 6.50. The number of carbonyl (C=O) groups excluding carboxylic acids is 1. The number of rotatable bonds is 3. The first-order valence-corrected chi connectivity index (χ1v) is 6.50. The minimum absolute atomic E-state index is 0.115. The van der Waals surface area contributed by atoms with E-state index >= 15 is 0 Å². The predicted molar refractivity (Wildman–Crippen MR) is 69.8 cm³/mol. The molecule has 0 aromatic heterocycles. The Morgan fingerprint density at radius 1 is 1.22 bits per heavy atom. The number of hydrogen-bond acceptors (Lipinski definition) is 3. The minimum atomic E-state index is -0.167. The van der Waals surface area contributed by atoms with E-state index in [1.807, 2.05) is 12.1 Å². The lowest BCUT2D eigenvalue weighted by molar-refractivity contribution is -0.147. The van der Waals surface area contributed by atoms with Gasteiger partial charge in [0.1, 0.15) is 11.9 Å². The highest BCUT2D eigenvalue weighted by Crippen LogP contribution is 2.35. The number of benzene rings is 1. The second-order valence-electron chi connectivity index (χ2n) is 4.86. The molecule has 3 heteroatoms. The summed E-state index contributed by atoms with van der Waals surface area (Å²) >= 11 is 0. The van der Waals surface area contributed by atoms with Crippen molar-refractivity contribution in [3.63, 3.8) is 0 Å². The quantitative estimate of drug-likeness (QED) is 0.770. The number of ether oxygens (including phenoxy) is 2. The molecule has 3 nitrogen and oxygen atoms in total. The molecule has 1 aromatic carbocycles. The smallest absolute Gasteiger partial charge is 0.302 e. The van der Waals surface area contributed by atoms with Crippen LogP contribution in [0.4, 0.5) is 0 Å². The third-order valence-corrected chi connectivity index (χ3v) is 3.57. The van der Waals surface area contributed by atoms with Gasteiger partial charge in [-0.25, -0.2) is 0 Å². The number of carbonyl (C=O) groups is 1. The molecule has 98 valence electrons. The van der Waals surface area contributed by atoms with Crippen molar-refractivity contribution >= 4 is 5.97 Å². The Hall–Kier alpha value is -1.51. The Morgan fingerprint density at radius 2 is 1.94 bits per heavy atom. The highest BCUT2D eigenvalue weighted by atomic mass is 16.5. The van der Waals surface area contributed by atoms with Crippen molar-refractivity contribution in [2.24, 2.45) is 0 Å². The summed E-state index contributed by atoms with van der Waals surface area (Å²) in [6.45, 7) is 1.48. The zero-order valence-corrected chi connectivity index (χ0v) is 11.0. The summed E-state index contributed by atoms with van der Waals surface area (Å²) in [4.78, 5) is 10.9. The summed E-state index contributed by atoms with van der Waals surface area (Å²) in [6, 6.07) is 8.26. The molecular weight excluding hydrogens is 228 g/mol. The third kappa shape index (κ3) is 3.25. The molecule has 0 radical (unpaired) electrons. The van der Waals surface area contributed by atoms with E-state index in [1.165, 1.54) is 12.5 Å². The van der Waals surface area contributed by atoms with Crippen LogP contribution in [0.1, 0.15) is 44.1 Å². The fourth-order valence-corrected chi connectivity index (χ4v) is 2.64. The summed E-state index contributed by atoms with van der Waals surface area (Å²) < 4.78 is 10.5. The second kappa shape index (κ2) is 5.89. The average Bonchev–Trinajstić information content (AvgIpc) is 2.39. The second-order valence-corrected chi connectivity index (χ2v) is 4.86. The highest BCUT2D eigenvalue weighted by Gasteiger charge is 2.24. The normalized spacial score (nSPS) is 23.4. The third-order valence-electron chi connectivity index (χ3n) is 3.57. The standard InChI is InChI=1S/C15H20O3/c1-11(16)18-14-8-6-12(7-9-14)13-4-3-5-15(10-13)17-2/h3-5,10,12,14H,6-9H2,1-2H3. The van der Waals surface area contributed by atoms with Gasteiger partial charge in [0.2, 0.25) is 0 Å². The van der Waals surface area contributed by atoms with Crippen LogP contribution in [0.3, 0.4) is 0 Å². The molecule has 1 aliphatic carbocycles. The van der Waals surface area contributed by atoms with E-state index in [2.05, 4.69) is 12.1 Å². The summed E-state index contributed by atoms with van der Waals surface area (Å²) in [6.07, 6.45) is 4.18. The van der Waals surface area contributed by atoms with Crippen LogP contribution in [0.2, 0.25) is 0 Å². The highest BCUT2D eigenvalue weighted by molar-refractivity contribution is 5.66. The van der Waals surface area contributed by atoms with Crippen molar-refractivity contribution < 1.29 is 14.3 Å². The first-order chi connectivity index (χ1) is 8.69. The van der Waals surface area contributed by atoms with Crippen LogP contribution >= 0.6 is 0 Å². The SMILES string of the molecule is COc1cccc(C2CCC(OC(C)=O)CC2)c1. The lowest BCUT2D eigenvalue weighted by atomic mass is 9.82. The maximum atomic E-state index is 10.9.